The maximum atomic E-state index is 13.8. The van der Waals surface area contributed by atoms with E-state index in [9.17, 15) is 24.0 Å². The number of carbonyl (C=O) groups excluding carboxylic acids is 5. The van der Waals surface area contributed by atoms with Crippen LogP contribution in [0.3, 0.4) is 0 Å². The van der Waals surface area contributed by atoms with Gasteiger partial charge in [-0.1, -0.05) is 63.2 Å². The van der Waals surface area contributed by atoms with Crippen molar-refractivity contribution >= 4 is 51.1 Å². The quantitative estimate of drug-likeness (QED) is 0.295. The van der Waals surface area contributed by atoms with Gasteiger partial charge in [0.2, 0.25) is 29.5 Å². The Labute approximate surface area is 273 Å². The summed E-state index contributed by atoms with van der Waals surface area (Å²) in [6, 6.07) is 13.8. The Morgan fingerprint density at radius 2 is 1.59 bits per heavy atom. The van der Waals surface area contributed by atoms with E-state index in [1.165, 1.54) is 23.2 Å². The third-order valence-electron chi connectivity index (χ3n) is 7.88. The topological polar surface area (TPSA) is 150 Å². The molecule has 12 heteroatoms. The van der Waals surface area contributed by atoms with E-state index in [-0.39, 0.29) is 37.8 Å². The molecule has 2 aromatic carbocycles. The van der Waals surface area contributed by atoms with E-state index in [4.69, 9.17) is 0 Å². The Balaban J connectivity index is 1.58. The maximum absolute atomic E-state index is 13.8. The molecular formula is C34H44N6O5S. The van der Waals surface area contributed by atoms with Crippen LogP contribution in [-0.2, 0) is 36.8 Å². The van der Waals surface area contributed by atoms with Crippen molar-refractivity contribution in [3.05, 3.63) is 65.2 Å². The summed E-state index contributed by atoms with van der Waals surface area (Å²) in [5.41, 5.74) is 1.73. The fourth-order valence-corrected chi connectivity index (χ4v) is 6.32. The molecule has 4 rings (SSSR count). The van der Waals surface area contributed by atoms with Crippen LogP contribution in [0.1, 0.15) is 57.5 Å². The van der Waals surface area contributed by atoms with E-state index < -0.39 is 47.8 Å². The predicted octanol–water partition coefficient (Wildman–Crippen LogP) is 2.73. The van der Waals surface area contributed by atoms with Crippen molar-refractivity contribution in [3.63, 3.8) is 0 Å². The first-order chi connectivity index (χ1) is 22.0. The second-order valence-corrected chi connectivity index (χ2v) is 13.3. The van der Waals surface area contributed by atoms with Crippen LogP contribution < -0.4 is 21.3 Å². The molecule has 1 saturated heterocycles. The molecule has 1 aromatic heterocycles. The molecule has 0 unspecified atom stereocenters. The third kappa shape index (κ3) is 9.84. The first-order valence-corrected chi connectivity index (χ1v) is 16.7. The average molecular weight is 649 g/mol. The number of hydrogen-bond acceptors (Lipinski definition) is 7. The number of nitrogens with zero attached hydrogens (tertiary/aromatic N) is 2. The van der Waals surface area contributed by atoms with Crippen molar-refractivity contribution in [1.82, 2.24) is 31.2 Å². The van der Waals surface area contributed by atoms with Crippen LogP contribution >= 0.6 is 11.3 Å². The largest absolute Gasteiger partial charge is 0.350 e. The van der Waals surface area contributed by atoms with Gasteiger partial charge in [0.15, 0.2) is 0 Å². The number of aromatic nitrogens is 1. The van der Waals surface area contributed by atoms with Crippen molar-refractivity contribution in [2.24, 2.45) is 5.92 Å². The molecule has 5 amide bonds. The summed E-state index contributed by atoms with van der Waals surface area (Å²) in [4.78, 5) is 73.2. The normalized spacial score (nSPS) is 22.0. The molecule has 0 radical (unpaired) electrons. The first-order valence-electron chi connectivity index (χ1n) is 15.9. The Kier molecular flexibility index (Phi) is 12.2. The molecule has 0 saturated carbocycles. The minimum absolute atomic E-state index is 0.0660. The fourth-order valence-electron chi connectivity index (χ4n) is 5.36. The van der Waals surface area contributed by atoms with Gasteiger partial charge in [-0.05, 0) is 43.4 Å². The van der Waals surface area contributed by atoms with Gasteiger partial charge < -0.3 is 26.2 Å². The molecule has 0 spiro atoms. The van der Waals surface area contributed by atoms with E-state index in [2.05, 4.69) is 26.3 Å². The molecule has 1 aliphatic heterocycles. The van der Waals surface area contributed by atoms with Crippen molar-refractivity contribution in [2.45, 2.75) is 84.0 Å². The van der Waals surface area contributed by atoms with Gasteiger partial charge in [-0.3, -0.25) is 24.0 Å². The number of rotatable bonds is 8. The Morgan fingerprint density at radius 1 is 0.913 bits per heavy atom. The first kappa shape index (κ1) is 34.6. The molecule has 1 aliphatic rings. The second kappa shape index (κ2) is 16.3. The fraction of sp³-hybridized carbons (Fsp3) is 0.471. The number of hydrogen-bond donors (Lipinski definition) is 4. The number of benzene rings is 2. The zero-order chi connectivity index (χ0) is 33.2. The number of para-hydroxylation sites is 1. The molecule has 4 N–H and O–H groups in total. The van der Waals surface area contributed by atoms with Crippen LogP contribution in [0.2, 0.25) is 0 Å². The van der Waals surface area contributed by atoms with Crippen LogP contribution in [0.25, 0.3) is 10.2 Å². The monoisotopic (exact) mass is 648 g/mol. The lowest BCUT2D eigenvalue weighted by atomic mass is 10.0. The smallest absolute Gasteiger partial charge is 0.243 e. The molecular weight excluding hydrogens is 604 g/mol. The van der Waals surface area contributed by atoms with Gasteiger partial charge in [-0.2, -0.15) is 0 Å². The lowest BCUT2D eigenvalue weighted by Gasteiger charge is -2.29. The van der Waals surface area contributed by atoms with Gasteiger partial charge in [0, 0.05) is 31.8 Å². The van der Waals surface area contributed by atoms with Crippen LogP contribution in [0.4, 0.5) is 0 Å². The van der Waals surface area contributed by atoms with Crippen molar-refractivity contribution in [1.29, 1.82) is 0 Å². The summed E-state index contributed by atoms with van der Waals surface area (Å²) in [7, 11) is 0. The summed E-state index contributed by atoms with van der Waals surface area (Å²) < 4.78 is 1.03. The van der Waals surface area contributed by atoms with E-state index in [0.717, 1.165) is 20.8 Å². The number of nitrogens with one attached hydrogen (secondary N) is 4. The summed E-state index contributed by atoms with van der Waals surface area (Å²) >= 11 is 1.52. The lowest BCUT2D eigenvalue weighted by molar-refractivity contribution is -0.137. The average Bonchev–Trinajstić information content (AvgIpc) is 3.45. The SMILES string of the molecule is CC[C@H]1CN(C(=O)CCc2nc3ccccc3s2)CC(=O)N[C@H](C)C(=O)N[C@@H](CC(C)C)C(=O)N[C@@H](Cc2ccccc2)C(=O)N1. The minimum atomic E-state index is -0.957. The number of thiazole rings is 1. The molecule has 4 atom stereocenters. The summed E-state index contributed by atoms with van der Waals surface area (Å²) in [6.07, 6.45) is 1.58. The molecule has 0 bridgehead atoms. The molecule has 1 fully saturated rings. The summed E-state index contributed by atoms with van der Waals surface area (Å²) in [5, 5.41) is 12.1. The maximum Gasteiger partial charge on any atom is 0.243 e. The highest BCUT2D eigenvalue weighted by atomic mass is 32.1. The van der Waals surface area contributed by atoms with Crippen molar-refractivity contribution in [3.8, 4) is 0 Å². The molecule has 46 heavy (non-hydrogen) atoms. The van der Waals surface area contributed by atoms with Crippen LogP contribution in [-0.4, -0.2) is 76.7 Å². The zero-order valence-corrected chi connectivity index (χ0v) is 27.7. The van der Waals surface area contributed by atoms with Gasteiger partial charge in [0.05, 0.1) is 21.8 Å². The van der Waals surface area contributed by atoms with Crippen molar-refractivity contribution < 1.29 is 24.0 Å². The van der Waals surface area contributed by atoms with Crippen LogP contribution in [0, 0.1) is 5.92 Å². The van der Waals surface area contributed by atoms with Gasteiger partial charge in [-0.25, -0.2) is 4.98 Å². The van der Waals surface area contributed by atoms with E-state index >= 15 is 0 Å². The molecule has 11 nitrogen and oxygen atoms in total. The zero-order valence-electron chi connectivity index (χ0n) is 26.9. The number of fused-ring (bicyclic) bond motifs is 1. The Morgan fingerprint density at radius 3 is 2.28 bits per heavy atom. The van der Waals surface area contributed by atoms with Crippen LogP contribution in [0.15, 0.2) is 54.6 Å². The predicted molar refractivity (Wildman–Crippen MR) is 178 cm³/mol. The van der Waals surface area contributed by atoms with Gasteiger partial charge in [0.1, 0.15) is 18.1 Å². The number of aryl methyl sites for hydroxylation is 1. The minimum Gasteiger partial charge on any atom is -0.350 e. The molecule has 2 heterocycles. The summed E-state index contributed by atoms with van der Waals surface area (Å²) in [5.74, 6) is -2.14. The highest BCUT2D eigenvalue weighted by Gasteiger charge is 2.31. The van der Waals surface area contributed by atoms with E-state index in [0.29, 0.717) is 19.3 Å². The molecule has 3 aromatic rings. The number of carbonyl (C=O) groups is 5. The molecule has 246 valence electrons. The van der Waals surface area contributed by atoms with E-state index in [1.54, 1.807) is 0 Å². The van der Waals surface area contributed by atoms with Gasteiger partial charge in [0.25, 0.3) is 0 Å². The molecule has 0 aliphatic carbocycles. The van der Waals surface area contributed by atoms with Gasteiger partial charge >= 0.3 is 0 Å². The summed E-state index contributed by atoms with van der Waals surface area (Å²) in [6.45, 7) is 7.08. The number of amides is 5. The van der Waals surface area contributed by atoms with E-state index in [1.807, 2.05) is 75.4 Å². The third-order valence-corrected chi connectivity index (χ3v) is 8.98. The highest BCUT2D eigenvalue weighted by molar-refractivity contribution is 7.18. The standard InChI is InChI=1S/C34H44N6O5S/c1-5-24-19-40(31(42)16-15-30-37-25-13-9-10-14-28(25)46-30)20-29(41)35-22(4)32(43)38-26(17-21(2)3)34(45)39-27(33(44)36-24)18-23-11-7-6-8-12-23/h6-14,21-22,24,26-27H,5,15-20H2,1-4H3,(H,35,41)(H,36,44)(H,38,43)(H,39,45)/t22-,24+,26+,27+/m1/s1. The lowest BCUT2D eigenvalue weighted by Crippen LogP contribution is -2.57. The van der Waals surface area contributed by atoms with Gasteiger partial charge in [-0.15, -0.1) is 11.3 Å². The Hall–Kier alpha value is -4.32. The highest BCUT2D eigenvalue weighted by Crippen LogP contribution is 2.22. The van der Waals surface area contributed by atoms with Crippen molar-refractivity contribution in [2.75, 3.05) is 13.1 Å². The Bertz CT molecular complexity index is 1490. The van der Waals surface area contributed by atoms with Crippen LogP contribution in [0.5, 0.6) is 0 Å². The second-order valence-electron chi connectivity index (χ2n) is 12.2.